The Kier molecular flexibility index (Phi) is 6.33. The molecule has 1 aromatic rings. The van der Waals surface area contributed by atoms with Gasteiger partial charge in [-0.15, -0.1) is 0 Å². The highest BCUT2D eigenvalue weighted by atomic mass is 19.1. The molecular formula is C14H20FNO. The predicted octanol–water partition coefficient (Wildman–Crippen LogP) is 3.24. The first-order valence-corrected chi connectivity index (χ1v) is 5.98. The topological polar surface area (TPSA) is 21.3 Å². The number of nitrogens with one attached hydrogen (secondary N) is 1. The van der Waals surface area contributed by atoms with E-state index in [0.717, 1.165) is 31.5 Å². The maximum Gasteiger partial charge on any atom is 0.165 e. The van der Waals surface area contributed by atoms with Crippen molar-refractivity contribution in [1.29, 1.82) is 0 Å². The van der Waals surface area contributed by atoms with Crippen LogP contribution < -0.4 is 10.1 Å². The summed E-state index contributed by atoms with van der Waals surface area (Å²) >= 11 is 0. The molecule has 0 heterocycles. The summed E-state index contributed by atoms with van der Waals surface area (Å²) < 4.78 is 18.2. The minimum Gasteiger partial charge on any atom is -0.494 e. The molecule has 1 rings (SSSR count). The third-order valence-corrected chi connectivity index (χ3v) is 2.40. The number of methoxy groups -OCH3 is 1. The summed E-state index contributed by atoms with van der Waals surface area (Å²) in [7, 11) is 1.47. The van der Waals surface area contributed by atoms with Crippen LogP contribution in [0.15, 0.2) is 24.3 Å². The van der Waals surface area contributed by atoms with E-state index >= 15 is 0 Å². The zero-order valence-corrected chi connectivity index (χ0v) is 10.5. The van der Waals surface area contributed by atoms with Gasteiger partial charge in [0.15, 0.2) is 11.6 Å². The van der Waals surface area contributed by atoms with E-state index in [9.17, 15) is 4.39 Å². The van der Waals surface area contributed by atoms with E-state index in [-0.39, 0.29) is 11.6 Å². The van der Waals surface area contributed by atoms with E-state index in [0.29, 0.717) is 0 Å². The summed E-state index contributed by atoms with van der Waals surface area (Å²) in [6.07, 6.45) is 6.07. The van der Waals surface area contributed by atoms with Gasteiger partial charge in [-0.3, -0.25) is 0 Å². The standard InChI is InChI=1S/C14H20FNO/c1-3-9-16-10-5-4-6-12-7-8-14(17-2)13(15)11-12/h4,6-8,11,16H,3,5,9-10H2,1-2H3. The number of halogens is 1. The van der Waals surface area contributed by atoms with Gasteiger partial charge in [-0.1, -0.05) is 25.1 Å². The quantitative estimate of drug-likeness (QED) is 0.735. The number of rotatable bonds is 7. The molecule has 94 valence electrons. The minimum atomic E-state index is -0.321. The summed E-state index contributed by atoms with van der Waals surface area (Å²) in [5.41, 5.74) is 0.860. The molecule has 1 N–H and O–H groups in total. The maximum absolute atomic E-state index is 13.4. The van der Waals surface area contributed by atoms with Gasteiger partial charge < -0.3 is 10.1 Å². The Labute approximate surface area is 102 Å². The average Bonchev–Trinajstić information content (AvgIpc) is 2.34. The lowest BCUT2D eigenvalue weighted by Crippen LogP contribution is -2.14. The molecule has 3 heteroatoms. The lowest BCUT2D eigenvalue weighted by molar-refractivity contribution is 0.386. The van der Waals surface area contributed by atoms with Crippen LogP contribution in [-0.2, 0) is 0 Å². The molecule has 0 fully saturated rings. The molecule has 0 bridgehead atoms. The fourth-order valence-electron chi connectivity index (χ4n) is 1.49. The molecule has 0 aromatic heterocycles. The fourth-order valence-corrected chi connectivity index (χ4v) is 1.49. The van der Waals surface area contributed by atoms with Crippen molar-refractivity contribution < 1.29 is 9.13 Å². The molecule has 0 spiro atoms. The van der Waals surface area contributed by atoms with Crippen LogP contribution in [-0.4, -0.2) is 20.2 Å². The molecule has 2 nitrogen and oxygen atoms in total. The van der Waals surface area contributed by atoms with E-state index in [2.05, 4.69) is 12.2 Å². The zero-order valence-electron chi connectivity index (χ0n) is 10.5. The van der Waals surface area contributed by atoms with Crippen LogP contribution in [0.25, 0.3) is 6.08 Å². The molecule has 0 aliphatic carbocycles. The molecule has 0 radical (unpaired) electrons. The Bertz CT molecular complexity index is 363. The van der Waals surface area contributed by atoms with Crippen molar-refractivity contribution in [2.75, 3.05) is 20.2 Å². The average molecular weight is 237 g/mol. The van der Waals surface area contributed by atoms with Gasteiger partial charge in [0.05, 0.1) is 7.11 Å². The van der Waals surface area contributed by atoms with Crippen molar-refractivity contribution in [3.05, 3.63) is 35.7 Å². The van der Waals surface area contributed by atoms with Gasteiger partial charge in [-0.2, -0.15) is 0 Å². The van der Waals surface area contributed by atoms with E-state index in [1.807, 2.05) is 18.2 Å². The Hall–Kier alpha value is -1.35. The van der Waals surface area contributed by atoms with E-state index < -0.39 is 0 Å². The van der Waals surface area contributed by atoms with Crippen molar-refractivity contribution in [1.82, 2.24) is 5.32 Å². The number of ether oxygens (including phenoxy) is 1. The highest BCUT2D eigenvalue weighted by molar-refractivity contribution is 5.50. The van der Waals surface area contributed by atoms with Gasteiger partial charge in [-0.25, -0.2) is 4.39 Å². The largest absolute Gasteiger partial charge is 0.494 e. The van der Waals surface area contributed by atoms with Crippen LogP contribution in [0.5, 0.6) is 5.75 Å². The van der Waals surface area contributed by atoms with Crippen LogP contribution in [0, 0.1) is 5.82 Å². The molecule has 0 unspecified atom stereocenters. The zero-order chi connectivity index (χ0) is 12.5. The van der Waals surface area contributed by atoms with Crippen molar-refractivity contribution in [3.8, 4) is 5.75 Å². The van der Waals surface area contributed by atoms with E-state index in [1.165, 1.54) is 13.2 Å². The summed E-state index contributed by atoms with van der Waals surface area (Å²) in [6.45, 7) is 4.15. The second kappa shape index (κ2) is 7.85. The highest BCUT2D eigenvalue weighted by Gasteiger charge is 2.00. The number of hydrogen-bond donors (Lipinski definition) is 1. The molecular weight excluding hydrogens is 217 g/mol. The summed E-state index contributed by atoms with van der Waals surface area (Å²) in [4.78, 5) is 0. The van der Waals surface area contributed by atoms with Crippen molar-refractivity contribution in [2.45, 2.75) is 19.8 Å². The van der Waals surface area contributed by atoms with Crippen molar-refractivity contribution >= 4 is 6.08 Å². The third-order valence-electron chi connectivity index (χ3n) is 2.40. The molecule has 0 aliphatic heterocycles. The molecule has 17 heavy (non-hydrogen) atoms. The third kappa shape index (κ3) is 5.00. The van der Waals surface area contributed by atoms with E-state index in [4.69, 9.17) is 4.74 Å². The lowest BCUT2D eigenvalue weighted by Gasteiger charge is -2.02. The Balaban J connectivity index is 2.40. The summed E-state index contributed by atoms with van der Waals surface area (Å²) in [5.74, 6) is -0.0366. The molecule has 0 saturated heterocycles. The summed E-state index contributed by atoms with van der Waals surface area (Å²) in [6, 6.07) is 4.97. The monoisotopic (exact) mass is 237 g/mol. The normalized spacial score (nSPS) is 11.0. The van der Waals surface area contributed by atoms with Gasteiger partial charge in [-0.05, 0) is 43.6 Å². The molecule has 0 amide bonds. The first-order chi connectivity index (χ1) is 8.27. The minimum absolute atomic E-state index is 0.284. The first kappa shape index (κ1) is 13.7. The van der Waals surface area contributed by atoms with Gasteiger partial charge in [0, 0.05) is 0 Å². The molecule has 1 aromatic carbocycles. The van der Waals surface area contributed by atoms with Crippen LogP contribution in [0.3, 0.4) is 0 Å². The highest BCUT2D eigenvalue weighted by Crippen LogP contribution is 2.18. The number of benzene rings is 1. The lowest BCUT2D eigenvalue weighted by atomic mass is 10.2. The fraction of sp³-hybridized carbons (Fsp3) is 0.429. The van der Waals surface area contributed by atoms with Gasteiger partial charge >= 0.3 is 0 Å². The molecule has 0 saturated carbocycles. The Morgan fingerprint density at radius 2 is 2.18 bits per heavy atom. The first-order valence-electron chi connectivity index (χ1n) is 5.98. The molecule has 0 aliphatic rings. The van der Waals surface area contributed by atoms with Crippen molar-refractivity contribution in [2.24, 2.45) is 0 Å². The maximum atomic E-state index is 13.4. The van der Waals surface area contributed by atoms with Crippen LogP contribution in [0.4, 0.5) is 4.39 Å². The Morgan fingerprint density at radius 3 is 2.82 bits per heavy atom. The molecule has 0 atom stereocenters. The van der Waals surface area contributed by atoms with Crippen LogP contribution in [0.2, 0.25) is 0 Å². The van der Waals surface area contributed by atoms with Gasteiger partial charge in [0.2, 0.25) is 0 Å². The second-order valence-corrected chi connectivity index (χ2v) is 3.84. The second-order valence-electron chi connectivity index (χ2n) is 3.84. The van der Waals surface area contributed by atoms with E-state index in [1.54, 1.807) is 6.07 Å². The van der Waals surface area contributed by atoms with Crippen molar-refractivity contribution in [3.63, 3.8) is 0 Å². The van der Waals surface area contributed by atoms with Crippen LogP contribution in [0.1, 0.15) is 25.3 Å². The van der Waals surface area contributed by atoms with Crippen LogP contribution >= 0.6 is 0 Å². The van der Waals surface area contributed by atoms with Gasteiger partial charge in [0.1, 0.15) is 0 Å². The number of hydrogen-bond acceptors (Lipinski definition) is 2. The predicted molar refractivity (Wildman–Crippen MR) is 69.8 cm³/mol. The SMILES string of the molecule is CCCNCCC=Cc1ccc(OC)c(F)c1. The summed E-state index contributed by atoms with van der Waals surface area (Å²) in [5, 5.41) is 3.31. The smallest absolute Gasteiger partial charge is 0.165 e. The van der Waals surface area contributed by atoms with Gasteiger partial charge in [0.25, 0.3) is 0 Å². The Morgan fingerprint density at radius 1 is 1.35 bits per heavy atom.